The van der Waals surface area contributed by atoms with Crippen LogP contribution in [0.3, 0.4) is 0 Å². The Kier molecular flexibility index (Phi) is 5.75. The number of hydrogen-bond donors (Lipinski definition) is 2. The lowest BCUT2D eigenvalue weighted by Gasteiger charge is -2.18. The van der Waals surface area contributed by atoms with Gasteiger partial charge in [-0.3, -0.25) is 4.79 Å². The Balaban J connectivity index is 2.47. The average molecular weight is 285 g/mol. The zero-order valence-electron chi connectivity index (χ0n) is 11.4. The van der Waals surface area contributed by atoms with Crippen molar-refractivity contribution < 1.29 is 14.7 Å². The minimum absolute atomic E-state index is 0.0718. The number of nitrogens with one attached hydrogen (secondary N) is 1. The molecule has 1 heterocycles. The topological polar surface area (TPSA) is 82.5 Å². The maximum atomic E-state index is 11.8. The van der Waals surface area contributed by atoms with E-state index in [4.69, 9.17) is 5.11 Å². The quantitative estimate of drug-likeness (QED) is 0.798. The molecule has 7 heteroatoms. The van der Waals surface area contributed by atoms with Crippen LogP contribution in [0.5, 0.6) is 0 Å². The lowest BCUT2D eigenvalue weighted by Crippen LogP contribution is -2.31. The fourth-order valence-corrected chi connectivity index (χ4v) is 2.51. The van der Waals surface area contributed by atoms with Crippen molar-refractivity contribution in [2.24, 2.45) is 0 Å². The molecule has 0 saturated heterocycles. The average Bonchev–Trinajstić information content (AvgIpc) is 2.72. The van der Waals surface area contributed by atoms with E-state index in [1.54, 1.807) is 11.8 Å². The molecule has 1 aromatic heterocycles. The van der Waals surface area contributed by atoms with Crippen LogP contribution in [0, 0.1) is 6.92 Å². The van der Waals surface area contributed by atoms with Gasteiger partial charge in [0.1, 0.15) is 0 Å². The molecule has 0 bridgehead atoms. The molecule has 1 aromatic rings. The molecule has 0 unspecified atom stereocenters. The van der Waals surface area contributed by atoms with Crippen LogP contribution in [0.4, 0.5) is 5.13 Å². The highest BCUT2D eigenvalue weighted by Gasteiger charge is 2.14. The van der Waals surface area contributed by atoms with E-state index in [0.717, 1.165) is 0 Å². The first-order valence-electron chi connectivity index (χ1n) is 6.21. The third-order valence-corrected chi connectivity index (χ3v) is 3.66. The zero-order valence-corrected chi connectivity index (χ0v) is 12.2. The molecule has 1 rings (SSSR count). The summed E-state index contributed by atoms with van der Waals surface area (Å²) in [5.41, 5.74) is 0.0718. The maximum absolute atomic E-state index is 11.8. The number of aromatic nitrogens is 1. The Morgan fingerprint density at radius 3 is 2.47 bits per heavy atom. The summed E-state index contributed by atoms with van der Waals surface area (Å²) in [5.74, 6) is -0.940. The Morgan fingerprint density at radius 1 is 1.37 bits per heavy atom. The van der Waals surface area contributed by atoms with E-state index >= 15 is 0 Å². The molecule has 0 aromatic carbocycles. The molecule has 0 saturated carbocycles. The molecule has 19 heavy (non-hydrogen) atoms. The molecular weight excluding hydrogens is 266 g/mol. The number of aryl methyl sites for hydroxylation is 1. The molecule has 0 aliphatic rings. The Hall–Kier alpha value is -1.63. The Morgan fingerprint density at radius 2 is 2.00 bits per heavy atom. The van der Waals surface area contributed by atoms with Crippen LogP contribution in [-0.4, -0.2) is 46.5 Å². The molecule has 0 radical (unpaired) electrons. The van der Waals surface area contributed by atoms with Gasteiger partial charge in [-0.25, -0.2) is 9.78 Å². The van der Waals surface area contributed by atoms with Gasteiger partial charge >= 0.3 is 5.97 Å². The number of amides is 1. The maximum Gasteiger partial charge on any atom is 0.355 e. The number of hydrogen-bond acceptors (Lipinski definition) is 5. The van der Waals surface area contributed by atoms with E-state index in [2.05, 4.69) is 10.3 Å². The van der Waals surface area contributed by atoms with Crippen LogP contribution in [0.1, 0.15) is 35.6 Å². The number of carbonyl (C=O) groups excluding carboxylic acids is 1. The van der Waals surface area contributed by atoms with Crippen LogP contribution >= 0.6 is 11.3 Å². The van der Waals surface area contributed by atoms with E-state index in [-0.39, 0.29) is 11.6 Å². The van der Waals surface area contributed by atoms with Crippen molar-refractivity contribution in [3.05, 3.63) is 10.6 Å². The largest absolute Gasteiger partial charge is 0.476 e. The van der Waals surface area contributed by atoms with Gasteiger partial charge in [-0.1, -0.05) is 0 Å². The van der Waals surface area contributed by atoms with Gasteiger partial charge in [0.05, 0.1) is 0 Å². The lowest BCUT2D eigenvalue weighted by molar-refractivity contribution is -0.130. The second-order valence-electron chi connectivity index (χ2n) is 3.97. The monoisotopic (exact) mass is 285 g/mol. The molecule has 0 fully saturated rings. The molecular formula is C12H19N3O3S. The van der Waals surface area contributed by atoms with Crippen LogP contribution < -0.4 is 5.32 Å². The van der Waals surface area contributed by atoms with E-state index in [0.29, 0.717) is 36.1 Å². The summed E-state index contributed by atoms with van der Waals surface area (Å²) in [7, 11) is 0. The van der Waals surface area contributed by atoms with Gasteiger partial charge in [-0.2, -0.15) is 0 Å². The molecule has 0 atom stereocenters. The number of thiazole rings is 1. The Labute approximate surface area is 116 Å². The highest BCUT2D eigenvalue weighted by atomic mass is 32.1. The van der Waals surface area contributed by atoms with Crippen LogP contribution in [0.25, 0.3) is 0 Å². The highest BCUT2D eigenvalue weighted by Crippen LogP contribution is 2.21. The molecule has 0 aliphatic heterocycles. The van der Waals surface area contributed by atoms with Crippen LogP contribution in [0.15, 0.2) is 0 Å². The van der Waals surface area contributed by atoms with Gasteiger partial charge < -0.3 is 15.3 Å². The fraction of sp³-hybridized carbons (Fsp3) is 0.583. The number of carboxylic acid groups (broad SMARTS) is 1. The zero-order chi connectivity index (χ0) is 14.4. The second kappa shape index (κ2) is 7.08. The molecule has 0 spiro atoms. The first kappa shape index (κ1) is 15.4. The lowest BCUT2D eigenvalue weighted by atomic mass is 10.3. The van der Waals surface area contributed by atoms with Crippen molar-refractivity contribution in [1.82, 2.24) is 9.88 Å². The fourth-order valence-electron chi connectivity index (χ4n) is 1.68. The van der Waals surface area contributed by atoms with Crippen molar-refractivity contribution in [1.29, 1.82) is 0 Å². The van der Waals surface area contributed by atoms with Crippen LogP contribution in [-0.2, 0) is 4.79 Å². The molecule has 6 nitrogen and oxygen atoms in total. The molecule has 2 N–H and O–H groups in total. The van der Waals surface area contributed by atoms with Crippen molar-refractivity contribution >= 4 is 28.3 Å². The number of carbonyl (C=O) groups is 2. The predicted molar refractivity (Wildman–Crippen MR) is 74.8 cm³/mol. The van der Waals surface area contributed by atoms with E-state index in [9.17, 15) is 9.59 Å². The first-order valence-corrected chi connectivity index (χ1v) is 7.03. The Bertz CT molecular complexity index is 455. The van der Waals surface area contributed by atoms with Crippen molar-refractivity contribution in [3.63, 3.8) is 0 Å². The summed E-state index contributed by atoms with van der Waals surface area (Å²) in [6.45, 7) is 7.47. The summed E-state index contributed by atoms with van der Waals surface area (Å²) in [4.78, 5) is 29.0. The number of aromatic carboxylic acids is 1. The first-order chi connectivity index (χ1) is 8.99. The van der Waals surface area contributed by atoms with Crippen molar-refractivity contribution in [2.75, 3.05) is 25.0 Å². The van der Waals surface area contributed by atoms with Gasteiger partial charge in [0.2, 0.25) is 5.91 Å². The highest BCUT2D eigenvalue weighted by molar-refractivity contribution is 7.15. The van der Waals surface area contributed by atoms with Gasteiger partial charge in [0, 0.05) is 30.9 Å². The SMILES string of the molecule is CCN(CC)C(=O)CCNc1nc(C(=O)O)c(C)s1. The van der Waals surface area contributed by atoms with Crippen molar-refractivity contribution in [2.45, 2.75) is 27.2 Å². The predicted octanol–water partition coefficient (Wildman–Crippen LogP) is 1.82. The summed E-state index contributed by atoms with van der Waals surface area (Å²) in [5, 5.41) is 12.4. The summed E-state index contributed by atoms with van der Waals surface area (Å²) in [6, 6.07) is 0. The van der Waals surface area contributed by atoms with Gasteiger partial charge in [-0.05, 0) is 20.8 Å². The molecule has 106 valence electrons. The second-order valence-corrected chi connectivity index (χ2v) is 5.17. The van der Waals surface area contributed by atoms with E-state index in [1.165, 1.54) is 11.3 Å². The number of nitrogens with zero attached hydrogens (tertiary/aromatic N) is 2. The summed E-state index contributed by atoms with van der Waals surface area (Å²) < 4.78 is 0. The normalized spacial score (nSPS) is 10.3. The number of rotatable bonds is 7. The smallest absolute Gasteiger partial charge is 0.355 e. The summed E-state index contributed by atoms with van der Waals surface area (Å²) >= 11 is 1.29. The molecule has 0 aliphatic carbocycles. The number of anilines is 1. The van der Waals surface area contributed by atoms with Gasteiger partial charge in [0.25, 0.3) is 0 Å². The minimum atomic E-state index is -1.03. The third-order valence-electron chi connectivity index (χ3n) is 2.73. The molecule has 1 amide bonds. The number of carboxylic acids is 1. The van der Waals surface area contributed by atoms with Gasteiger partial charge in [-0.15, -0.1) is 11.3 Å². The van der Waals surface area contributed by atoms with Crippen LogP contribution in [0.2, 0.25) is 0 Å². The third kappa shape index (κ3) is 4.20. The standard InChI is InChI=1S/C12H19N3O3S/c1-4-15(5-2)9(16)6-7-13-12-14-10(11(17)18)8(3)19-12/h4-7H2,1-3H3,(H,13,14)(H,17,18). The van der Waals surface area contributed by atoms with Crippen molar-refractivity contribution in [3.8, 4) is 0 Å². The minimum Gasteiger partial charge on any atom is -0.476 e. The van der Waals surface area contributed by atoms with Gasteiger partial charge in [0.15, 0.2) is 10.8 Å². The van der Waals surface area contributed by atoms with E-state index in [1.807, 2.05) is 13.8 Å². The van der Waals surface area contributed by atoms with E-state index < -0.39 is 5.97 Å². The summed E-state index contributed by atoms with van der Waals surface area (Å²) in [6.07, 6.45) is 0.378.